The van der Waals surface area contributed by atoms with Crippen molar-refractivity contribution in [1.82, 2.24) is 4.90 Å². The number of carbonyl (C=O) groups is 1. The van der Waals surface area contributed by atoms with Gasteiger partial charge >= 0.3 is 0 Å². The van der Waals surface area contributed by atoms with Crippen molar-refractivity contribution in [3.63, 3.8) is 0 Å². The quantitative estimate of drug-likeness (QED) is 0.892. The van der Waals surface area contributed by atoms with Gasteiger partial charge in [0, 0.05) is 13.1 Å². The zero-order valence-electron chi connectivity index (χ0n) is 11.2. The second-order valence-electron chi connectivity index (χ2n) is 5.13. The molecule has 1 aromatic carbocycles. The van der Waals surface area contributed by atoms with Crippen molar-refractivity contribution in [2.24, 2.45) is 5.92 Å². The molecular formula is C15H20FNO2. The summed E-state index contributed by atoms with van der Waals surface area (Å²) in [6.45, 7) is 3.44. The van der Waals surface area contributed by atoms with Crippen LogP contribution in [0.5, 0.6) is 5.75 Å². The number of likely N-dealkylation sites (tertiary alicyclic amines) is 1. The average molecular weight is 265 g/mol. The van der Waals surface area contributed by atoms with Gasteiger partial charge in [0.1, 0.15) is 17.1 Å². The first-order valence-electron chi connectivity index (χ1n) is 6.90. The minimum Gasteiger partial charge on any atom is -0.507 e. The molecule has 0 radical (unpaired) electrons. The summed E-state index contributed by atoms with van der Waals surface area (Å²) >= 11 is 0. The van der Waals surface area contributed by atoms with Crippen LogP contribution < -0.4 is 0 Å². The Hall–Kier alpha value is -1.58. The molecule has 104 valence electrons. The molecule has 1 atom stereocenters. The fourth-order valence-corrected chi connectivity index (χ4v) is 2.66. The highest BCUT2D eigenvalue weighted by atomic mass is 19.1. The topological polar surface area (TPSA) is 40.5 Å². The number of aromatic hydroxyl groups is 1. The molecule has 1 N–H and O–H groups in total. The molecule has 1 amide bonds. The number of benzene rings is 1. The van der Waals surface area contributed by atoms with E-state index in [4.69, 9.17) is 0 Å². The summed E-state index contributed by atoms with van der Waals surface area (Å²) in [6.07, 6.45) is 4.13. The number of carbonyl (C=O) groups excluding carboxylic acids is 1. The smallest absolute Gasteiger partial charge is 0.260 e. The maximum atomic E-state index is 13.7. The highest BCUT2D eigenvalue weighted by Crippen LogP contribution is 2.25. The molecule has 1 aromatic rings. The summed E-state index contributed by atoms with van der Waals surface area (Å²) in [4.78, 5) is 14.0. The van der Waals surface area contributed by atoms with Crippen LogP contribution in [-0.2, 0) is 0 Å². The largest absolute Gasteiger partial charge is 0.507 e. The van der Waals surface area contributed by atoms with Crippen LogP contribution in [0.3, 0.4) is 0 Å². The highest BCUT2D eigenvalue weighted by Gasteiger charge is 2.25. The number of halogens is 1. The molecule has 0 aromatic heterocycles. The molecule has 3 nitrogen and oxygen atoms in total. The third kappa shape index (κ3) is 3.06. The highest BCUT2D eigenvalue weighted by molar-refractivity contribution is 5.97. The van der Waals surface area contributed by atoms with E-state index in [9.17, 15) is 14.3 Å². The molecule has 1 aliphatic rings. The van der Waals surface area contributed by atoms with Gasteiger partial charge in [0.25, 0.3) is 5.91 Å². The van der Waals surface area contributed by atoms with Gasteiger partial charge in [-0.3, -0.25) is 4.79 Å². The van der Waals surface area contributed by atoms with Crippen LogP contribution in [0.1, 0.15) is 43.0 Å². The number of amides is 1. The summed E-state index contributed by atoms with van der Waals surface area (Å²) < 4.78 is 13.7. The van der Waals surface area contributed by atoms with E-state index in [0.29, 0.717) is 19.0 Å². The lowest BCUT2D eigenvalue weighted by Gasteiger charge is -2.21. The van der Waals surface area contributed by atoms with Crippen LogP contribution in [0.4, 0.5) is 4.39 Å². The Morgan fingerprint density at radius 2 is 2.21 bits per heavy atom. The first-order chi connectivity index (χ1) is 9.13. The number of hydrogen-bond acceptors (Lipinski definition) is 2. The van der Waals surface area contributed by atoms with Crippen LogP contribution in [0.25, 0.3) is 0 Å². The molecule has 1 saturated heterocycles. The van der Waals surface area contributed by atoms with Crippen LogP contribution in [0.2, 0.25) is 0 Å². The standard InChI is InChI=1S/C15H20FNO2/c1-2-11-5-4-9-17(10-8-11)15(19)14-12(16)6-3-7-13(14)18/h3,6-7,11,18H,2,4-5,8-10H2,1H3. The third-order valence-corrected chi connectivity index (χ3v) is 3.92. The van der Waals surface area contributed by atoms with Crippen molar-refractivity contribution in [2.45, 2.75) is 32.6 Å². The summed E-state index contributed by atoms with van der Waals surface area (Å²) in [7, 11) is 0. The zero-order valence-corrected chi connectivity index (χ0v) is 11.2. The second-order valence-corrected chi connectivity index (χ2v) is 5.13. The first-order valence-corrected chi connectivity index (χ1v) is 6.90. The van der Waals surface area contributed by atoms with E-state index in [1.165, 1.54) is 18.2 Å². The third-order valence-electron chi connectivity index (χ3n) is 3.92. The Balaban J connectivity index is 2.15. The molecule has 2 rings (SSSR count). The number of rotatable bonds is 2. The van der Waals surface area contributed by atoms with Gasteiger partial charge in [0.2, 0.25) is 0 Å². The Labute approximate surface area is 113 Å². The van der Waals surface area contributed by atoms with Crippen molar-refractivity contribution in [3.05, 3.63) is 29.6 Å². The van der Waals surface area contributed by atoms with E-state index in [-0.39, 0.29) is 11.3 Å². The van der Waals surface area contributed by atoms with Crippen molar-refractivity contribution in [3.8, 4) is 5.75 Å². The summed E-state index contributed by atoms with van der Waals surface area (Å²) in [5.41, 5.74) is -0.197. The molecule has 1 aliphatic heterocycles. The average Bonchev–Trinajstić information content (AvgIpc) is 2.63. The van der Waals surface area contributed by atoms with Crippen molar-refractivity contribution in [2.75, 3.05) is 13.1 Å². The lowest BCUT2D eigenvalue weighted by molar-refractivity contribution is 0.0752. The lowest BCUT2D eigenvalue weighted by atomic mass is 9.98. The summed E-state index contributed by atoms with van der Waals surface area (Å²) in [5.74, 6) is -0.679. The van der Waals surface area contributed by atoms with E-state index in [0.717, 1.165) is 25.7 Å². The molecular weight excluding hydrogens is 245 g/mol. The maximum absolute atomic E-state index is 13.7. The number of nitrogens with zero attached hydrogens (tertiary/aromatic N) is 1. The lowest BCUT2D eigenvalue weighted by Crippen LogP contribution is -2.32. The summed E-state index contributed by atoms with van der Waals surface area (Å²) in [6, 6.07) is 3.96. The van der Waals surface area contributed by atoms with E-state index in [1.54, 1.807) is 4.90 Å². The van der Waals surface area contributed by atoms with Gasteiger partial charge in [-0.2, -0.15) is 0 Å². The minimum absolute atomic E-state index is 0.197. The second kappa shape index (κ2) is 6.04. The minimum atomic E-state index is -0.652. The number of phenols is 1. The van der Waals surface area contributed by atoms with Gasteiger partial charge in [0.15, 0.2) is 0 Å². The fraction of sp³-hybridized carbons (Fsp3) is 0.533. The fourth-order valence-electron chi connectivity index (χ4n) is 2.66. The molecule has 0 saturated carbocycles. The summed E-state index contributed by atoms with van der Waals surface area (Å²) in [5, 5.41) is 9.67. The number of hydrogen-bond donors (Lipinski definition) is 1. The molecule has 1 fully saturated rings. The molecule has 1 heterocycles. The zero-order chi connectivity index (χ0) is 13.8. The predicted octanol–water partition coefficient (Wildman–Crippen LogP) is 3.18. The molecule has 19 heavy (non-hydrogen) atoms. The van der Waals surface area contributed by atoms with Gasteiger partial charge in [0.05, 0.1) is 0 Å². The Bertz CT molecular complexity index is 441. The molecule has 4 heteroatoms. The van der Waals surface area contributed by atoms with Crippen molar-refractivity contribution >= 4 is 5.91 Å². The first kappa shape index (κ1) is 13.8. The SMILES string of the molecule is CCC1CCCN(C(=O)c2c(O)cccc2F)CC1. The van der Waals surface area contributed by atoms with Crippen molar-refractivity contribution < 1.29 is 14.3 Å². The van der Waals surface area contributed by atoms with Crippen LogP contribution in [0, 0.1) is 11.7 Å². The van der Waals surface area contributed by atoms with Gasteiger partial charge in [-0.05, 0) is 37.3 Å². The normalized spacial score (nSPS) is 20.1. The van der Waals surface area contributed by atoms with E-state index in [1.807, 2.05) is 0 Å². The van der Waals surface area contributed by atoms with Gasteiger partial charge in [-0.15, -0.1) is 0 Å². The maximum Gasteiger partial charge on any atom is 0.260 e. The predicted molar refractivity (Wildman–Crippen MR) is 71.6 cm³/mol. The van der Waals surface area contributed by atoms with Gasteiger partial charge in [-0.25, -0.2) is 4.39 Å². The number of phenolic OH excluding ortho intramolecular Hbond substituents is 1. The van der Waals surface area contributed by atoms with E-state index >= 15 is 0 Å². The Morgan fingerprint density at radius 1 is 1.42 bits per heavy atom. The molecule has 0 bridgehead atoms. The van der Waals surface area contributed by atoms with E-state index < -0.39 is 11.7 Å². The molecule has 0 aliphatic carbocycles. The molecule has 1 unspecified atom stereocenters. The van der Waals surface area contributed by atoms with Crippen molar-refractivity contribution in [1.29, 1.82) is 0 Å². The monoisotopic (exact) mass is 265 g/mol. The van der Waals surface area contributed by atoms with Gasteiger partial charge < -0.3 is 10.0 Å². The van der Waals surface area contributed by atoms with E-state index in [2.05, 4.69) is 6.92 Å². The van der Waals surface area contributed by atoms with Crippen LogP contribution in [-0.4, -0.2) is 29.0 Å². The Morgan fingerprint density at radius 3 is 2.89 bits per heavy atom. The molecule has 0 spiro atoms. The van der Waals surface area contributed by atoms with Crippen LogP contribution >= 0.6 is 0 Å². The van der Waals surface area contributed by atoms with Crippen LogP contribution in [0.15, 0.2) is 18.2 Å². The van der Waals surface area contributed by atoms with Gasteiger partial charge in [-0.1, -0.05) is 19.4 Å². The Kier molecular flexibility index (Phi) is 4.40.